The van der Waals surface area contributed by atoms with E-state index in [1.165, 1.54) is 0 Å². The van der Waals surface area contributed by atoms with Crippen LogP contribution in [0.1, 0.15) is 30.5 Å². The van der Waals surface area contributed by atoms with Gasteiger partial charge in [0, 0.05) is 26.1 Å². The number of benzene rings is 1. The molecular formula is C18H25N5O3S. The first-order valence-corrected chi connectivity index (χ1v) is 10.7. The molecule has 0 bridgehead atoms. The van der Waals surface area contributed by atoms with Crippen molar-refractivity contribution in [3.8, 4) is 5.75 Å². The number of aromatic nitrogens is 3. The molecule has 1 aromatic carbocycles. The van der Waals surface area contributed by atoms with E-state index in [0.29, 0.717) is 31.8 Å². The monoisotopic (exact) mass is 391 g/mol. The molecule has 2 aromatic rings. The number of sulfonamides is 1. The Morgan fingerprint density at radius 2 is 1.85 bits per heavy atom. The van der Waals surface area contributed by atoms with Crippen LogP contribution in [0.5, 0.6) is 5.75 Å². The third-order valence-electron chi connectivity index (χ3n) is 5.53. The topological polar surface area (TPSA) is 80.6 Å². The second-order valence-electron chi connectivity index (χ2n) is 7.09. The molecule has 146 valence electrons. The Morgan fingerprint density at radius 1 is 1.07 bits per heavy atom. The maximum absolute atomic E-state index is 13.0. The smallest absolute Gasteiger partial charge is 0.243 e. The number of hydrogen-bond acceptors (Lipinski definition) is 6. The SMILES string of the molecule is COc1ccc(S(=O)(=O)N2CCc3nnc([C@H]4CCCN4C)n3CC2)cc1. The highest BCUT2D eigenvalue weighted by Gasteiger charge is 2.32. The maximum Gasteiger partial charge on any atom is 0.243 e. The second-order valence-corrected chi connectivity index (χ2v) is 9.03. The lowest BCUT2D eigenvalue weighted by Crippen LogP contribution is -2.34. The standard InChI is InChI=1S/C18H25N5O3S/c1-21-10-3-4-16(21)18-20-19-17-9-11-22(12-13-23(17)18)27(24,25)15-7-5-14(26-2)6-8-15/h5-8,16H,3-4,9-13H2,1-2H3/t16-/m1/s1. The summed E-state index contributed by atoms with van der Waals surface area (Å²) >= 11 is 0. The maximum atomic E-state index is 13.0. The fraction of sp³-hybridized carbons (Fsp3) is 0.556. The molecule has 1 atom stereocenters. The van der Waals surface area contributed by atoms with Crippen molar-refractivity contribution in [1.29, 1.82) is 0 Å². The van der Waals surface area contributed by atoms with Gasteiger partial charge in [-0.3, -0.25) is 4.90 Å². The van der Waals surface area contributed by atoms with Crippen molar-refractivity contribution in [1.82, 2.24) is 24.0 Å². The van der Waals surface area contributed by atoms with E-state index in [4.69, 9.17) is 4.74 Å². The molecule has 0 unspecified atom stereocenters. The summed E-state index contributed by atoms with van der Waals surface area (Å²) < 4.78 is 34.9. The number of likely N-dealkylation sites (tertiary alicyclic amines) is 1. The lowest BCUT2D eigenvalue weighted by molar-refractivity contribution is 0.295. The van der Waals surface area contributed by atoms with E-state index in [2.05, 4.69) is 26.7 Å². The minimum atomic E-state index is -3.54. The first kappa shape index (κ1) is 18.4. The largest absolute Gasteiger partial charge is 0.497 e. The molecule has 0 amide bonds. The molecular weight excluding hydrogens is 366 g/mol. The minimum Gasteiger partial charge on any atom is -0.497 e. The Morgan fingerprint density at radius 3 is 2.52 bits per heavy atom. The van der Waals surface area contributed by atoms with E-state index >= 15 is 0 Å². The van der Waals surface area contributed by atoms with Crippen LogP contribution in [0.15, 0.2) is 29.2 Å². The highest BCUT2D eigenvalue weighted by molar-refractivity contribution is 7.89. The summed E-state index contributed by atoms with van der Waals surface area (Å²) in [5.74, 6) is 2.48. The van der Waals surface area contributed by atoms with E-state index in [-0.39, 0.29) is 10.9 Å². The summed E-state index contributed by atoms with van der Waals surface area (Å²) in [5.41, 5.74) is 0. The summed E-state index contributed by atoms with van der Waals surface area (Å²) in [5, 5.41) is 8.78. The average molecular weight is 391 g/mol. The van der Waals surface area contributed by atoms with Crippen molar-refractivity contribution in [3.05, 3.63) is 35.9 Å². The molecule has 0 N–H and O–H groups in total. The summed E-state index contributed by atoms with van der Waals surface area (Å²) in [6.07, 6.45) is 2.79. The van der Waals surface area contributed by atoms with Gasteiger partial charge in [0.05, 0.1) is 18.0 Å². The number of rotatable bonds is 4. The first-order valence-electron chi connectivity index (χ1n) is 9.27. The molecule has 4 rings (SSSR count). The van der Waals surface area contributed by atoms with Crippen LogP contribution in [-0.2, 0) is 23.0 Å². The van der Waals surface area contributed by atoms with Gasteiger partial charge in [0.2, 0.25) is 10.0 Å². The molecule has 1 fully saturated rings. The number of fused-ring (bicyclic) bond motifs is 1. The van der Waals surface area contributed by atoms with Crippen molar-refractivity contribution in [2.24, 2.45) is 0 Å². The van der Waals surface area contributed by atoms with Crippen molar-refractivity contribution in [2.45, 2.75) is 36.7 Å². The molecule has 27 heavy (non-hydrogen) atoms. The van der Waals surface area contributed by atoms with Crippen LogP contribution < -0.4 is 4.74 Å². The zero-order valence-corrected chi connectivity index (χ0v) is 16.5. The van der Waals surface area contributed by atoms with Crippen LogP contribution in [0.2, 0.25) is 0 Å². The number of hydrogen-bond donors (Lipinski definition) is 0. The number of methoxy groups -OCH3 is 1. The minimum absolute atomic E-state index is 0.274. The molecule has 0 spiro atoms. The van der Waals surface area contributed by atoms with E-state index in [9.17, 15) is 8.42 Å². The fourth-order valence-electron chi connectivity index (χ4n) is 3.95. The quantitative estimate of drug-likeness (QED) is 0.782. The van der Waals surface area contributed by atoms with Gasteiger partial charge in [-0.05, 0) is 50.7 Å². The van der Waals surface area contributed by atoms with Crippen molar-refractivity contribution in [2.75, 3.05) is 33.8 Å². The second kappa shape index (κ2) is 7.21. The van der Waals surface area contributed by atoms with E-state index in [1.54, 1.807) is 35.7 Å². The van der Waals surface area contributed by atoms with Crippen molar-refractivity contribution >= 4 is 10.0 Å². The van der Waals surface area contributed by atoms with Crippen LogP contribution in [0.3, 0.4) is 0 Å². The molecule has 2 aliphatic heterocycles. The molecule has 2 aliphatic rings. The lowest BCUT2D eigenvalue weighted by atomic mass is 10.2. The number of ether oxygens (including phenoxy) is 1. The van der Waals surface area contributed by atoms with Gasteiger partial charge >= 0.3 is 0 Å². The van der Waals surface area contributed by atoms with Gasteiger partial charge in [0.1, 0.15) is 17.4 Å². The van der Waals surface area contributed by atoms with Gasteiger partial charge in [-0.25, -0.2) is 8.42 Å². The van der Waals surface area contributed by atoms with Gasteiger partial charge in [-0.1, -0.05) is 0 Å². The Hall–Kier alpha value is -1.97. The highest BCUT2D eigenvalue weighted by Crippen LogP contribution is 2.30. The predicted molar refractivity (Wildman–Crippen MR) is 100 cm³/mol. The molecule has 9 heteroatoms. The van der Waals surface area contributed by atoms with E-state index < -0.39 is 10.0 Å². The third kappa shape index (κ3) is 3.35. The molecule has 3 heterocycles. The summed E-state index contributed by atoms with van der Waals surface area (Å²) in [4.78, 5) is 2.59. The van der Waals surface area contributed by atoms with Crippen LogP contribution in [-0.4, -0.2) is 66.2 Å². The normalized spacial score (nSPS) is 21.8. The van der Waals surface area contributed by atoms with Crippen LogP contribution in [0.4, 0.5) is 0 Å². The van der Waals surface area contributed by atoms with Gasteiger partial charge in [-0.15, -0.1) is 10.2 Å². The molecule has 8 nitrogen and oxygen atoms in total. The lowest BCUT2D eigenvalue weighted by Gasteiger charge is -2.21. The van der Waals surface area contributed by atoms with Crippen molar-refractivity contribution in [3.63, 3.8) is 0 Å². The average Bonchev–Trinajstić information content (AvgIpc) is 3.20. The Balaban J connectivity index is 1.55. The zero-order chi connectivity index (χ0) is 19.0. The van der Waals surface area contributed by atoms with Crippen molar-refractivity contribution < 1.29 is 13.2 Å². The van der Waals surface area contributed by atoms with Gasteiger partial charge in [-0.2, -0.15) is 4.31 Å². The number of nitrogens with zero attached hydrogens (tertiary/aromatic N) is 5. The highest BCUT2D eigenvalue weighted by atomic mass is 32.2. The predicted octanol–water partition coefficient (Wildman–Crippen LogP) is 1.30. The molecule has 1 saturated heterocycles. The van der Waals surface area contributed by atoms with Gasteiger partial charge < -0.3 is 9.30 Å². The van der Waals surface area contributed by atoms with Crippen LogP contribution in [0, 0.1) is 0 Å². The van der Waals surface area contributed by atoms with E-state index in [1.807, 2.05) is 0 Å². The van der Waals surface area contributed by atoms with E-state index in [0.717, 1.165) is 31.0 Å². The summed E-state index contributed by atoms with van der Waals surface area (Å²) in [6.45, 7) is 2.47. The molecule has 1 aromatic heterocycles. The third-order valence-corrected chi connectivity index (χ3v) is 7.44. The van der Waals surface area contributed by atoms with Crippen LogP contribution in [0.25, 0.3) is 0 Å². The molecule has 0 radical (unpaired) electrons. The van der Waals surface area contributed by atoms with Crippen LogP contribution >= 0.6 is 0 Å². The molecule has 0 saturated carbocycles. The molecule has 0 aliphatic carbocycles. The Bertz CT molecular complexity index is 910. The first-order chi connectivity index (χ1) is 13.0. The summed E-state index contributed by atoms with van der Waals surface area (Å²) in [6, 6.07) is 6.81. The van der Waals surface area contributed by atoms with Gasteiger partial charge in [0.25, 0.3) is 0 Å². The Kier molecular flexibility index (Phi) is 4.92. The van der Waals surface area contributed by atoms with Gasteiger partial charge in [0.15, 0.2) is 0 Å². The summed E-state index contributed by atoms with van der Waals surface area (Å²) in [7, 11) is 0.127. The fourth-order valence-corrected chi connectivity index (χ4v) is 5.38. The zero-order valence-electron chi connectivity index (χ0n) is 15.7. The Labute approximate surface area is 159 Å².